The molecule has 0 spiro atoms. The molecule has 4 nitrogen and oxygen atoms in total. The number of ether oxygens (including phenoxy) is 1. The van der Waals surface area contributed by atoms with E-state index >= 15 is 0 Å². The lowest BCUT2D eigenvalue weighted by Gasteiger charge is -2.32. The van der Waals surface area contributed by atoms with Crippen LogP contribution in [-0.4, -0.2) is 43.6 Å². The van der Waals surface area contributed by atoms with E-state index in [9.17, 15) is 13.6 Å². The highest BCUT2D eigenvalue weighted by molar-refractivity contribution is 5.94. The second-order valence-corrected chi connectivity index (χ2v) is 7.26. The van der Waals surface area contributed by atoms with Crippen molar-refractivity contribution >= 4 is 16.7 Å². The first kappa shape index (κ1) is 19.3. The van der Waals surface area contributed by atoms with E-state index in [2.05, 4.69) is 47.2 Å². The summed E-state index contributed by atoms with van der Waals surface area (Å²) in [5, 5.41) is 2.53. The summed E-state index contributed by atoms with van der Waals surface area (Å²) in [4.78, 5) is 16.0. The van der Waals surface area contributed by atoms with Crippen LogP contribution < -0.4 is 9.64 Å². The number of amides is 1. The minimum atomic E-state index is -2.87. The fraction of sp³-hybridized carbons (Fsp3) is 0.261. The maximum atomic E-state index is 12.7. The lowest BCUT2D eigenvalue weighted by Crippen LogP contribution is -3.13. The predicted octanol–water partition coefficient (Wildman–Crippen LogP) is 2.98. The molecule has 1 amide bonds. The zero-order valence-electron chi connectivity index (χ0n) is 16.0. The molecule has 1 fully saturated rings. The van der Waals surface area contributed by atoms with Crippen LogP contribution in [0.3, 0.4) is 0 Å². The van der Waals surface area contributed by atoms with Gasteiger partial charge in [0.1, 0.15) is 12.3 Å². The summed E-state index contributed by atoms with van der Waals surface area (Å²) in [6, 6.07) is 20.7. The third-order valence-corrected chi connectivity index (χ3v) is 5.40. The average Bonchev–Trinajstić information content (AvgIpc) is 2.74. The van der Waals surface area contributed by atoms with E-state index in [1.54, 1.807) is 0 Å². The van der Waals surface area contributed by atoms with E-state index in [0.29, 0.717) is 18.7 Å². The summed E-state index contributed by atoms with van der Waals surface area (Å²) >= 11 is 0. The molecule has 0 unspecified atom stereocenters. The van der Waals surface area contributed by atoms with Crippen LogP contribution in [0.15, 0.2) is 66.7 Å². The number of benzene rings is 3. The normalized spacial score (nSPS) is 15.1. The third kappa shape index (κ3) is 4.54. The molecule has 0 saturated carbocycles. The van der Waals surface area contributed by atoms with Gasteiger partial charge >= 0.3 is 6.61 Å². The van der Waals surface area contributed by atoms with Gasteiger partial charge in [0.15, 0.2) is 0 Å². The van der Waals surface area contributed by atoms with E-state index in [1.165, 1.54) is 45.5 Å². The van der Waals surface area contributed by atoms with Crippen molar-refractivity contribution in [3.63, 3.8) is 0 Å². The van der Waals surface area contributed by atoms with E-state index in [0.717, 1.165) is 19.6 Å². The summed E-state index contributed by atoms with van der Waals surface area (Å²) in [5.74, 6) is -0.0151. The van der Waals surface area contributed by atoms with Gasteiger partial charge in [-0.1, -0.05) is 42.5 Å². The highest BCUT2D eigenvalue weighted by Crippen LogP contribution is 2.18. The largest absolute Gasteiger partial charge is 0.435 e. The summed E-state index contributed by atoms with van der Waals surface area (Å²) in [5.41, 5.74) is 1.82. The van der Waals surface area contributed by atoms with Crippen LogP contribution in [0.4, 0.5) is 8.78 Å². The molecule has 1 N–H and O–H groups in total. The molecule has 0 bridgehead atoms. The Balaban J connectivity index is 1.36. The molecule has 1 heterocycles. The van der Waals surface area contributed by atoms with Crippen molar-refractivity contribution in [2.75, 3.05) is 26.2 Å². The van der Waals surface area contributed by atoms with Crippen molar-refractivity contribution in [3.05, 3.63) is 77.9 Å². The minimum absolute atomic E-state index is 0.0564. The van der Waals surface area contributed by atoms with Crippen molar-refractivity contribution in [2.24, 2.45) is 0 Å². The standard InChI is InChI=1S/C23H22F2N2O2/c24-23(25)29-20-10-8-18(9-11-20)22(28)27-14-12-26(13-15-27)16-19-6-3-5-17-4-1-2-7-21(17)19/h1-11,23H,12-16H2/p+1. The van der Waals surface area contributed by atoms with Crippen molar-refractivity contribution in [3.8, 4) is 5.75 Å². The molecule has 0 aromatic heterocycles. The molecule has 0 atom stereocenters. The fourth-order valence-corrected chi connectivity index (χ4v) is 3.88. The number of hydrogen-bond donors (Lipinski definition) is 1. The number of carbonyl (C=O) groups excluding carboxylic acids is 1. The Bertz CT molecular complexity index is 978. The van der Waals surface area contributed by atoms with Gasteiger partial charge in [-0.25, -0.2) is 0 Å². The molecule has 0 radical (unpaired) electrons. The number of hydrogen-bond acceptors (Lipinski definition) is 2. The van der Waals surface area contributed by atoms with Gasteiger partial charge in [-0.2, -0.15) is 8.78 Å². The van der Waals surface area contributed by atoms with Crippen LogP contribution in [0.1, 0.15) is 15.9 Å². The van der Waals surface area contributed by atoms with E-state index in [1.807, 2.05) is 4.90 Å². The van der Waals surface area contributed by atoms with Crippen LogP contribution in [0.2, 0.25) is 0 Å². The number of rotatable bonds is 5. The van der Waals surface area contributed by atoms with Crippen LogP contribution in [0, 0.1) is 0 Å². The van der Waals surface area contributed by atoms with E-state index < -0.39 is 6.61 Å². The topological polar surface area (TPSA) is 34.0 Å². The first-order chi connectivity index (χ1) is 14.1. The monoisotopic (exact) mass is 397 g/mol. The lowest BCUT2D eigenvalue weighted by atomic mass is 10.0. The van der Waals surface area contributed by atoms with Crippen LogP contribution in [0.5, 0.6) is 5.75 Å². The second-order valence-electron chi connectivity index (χ2n) is 7.26. The van der Waals surface area contributed by atoms with Crippen molar-refractivity contribution < 1.29 is 23.2 Å². The highest BCUT2D eigenvalue weighted by atomic mass is 19.3. The predicted molar refractivity (Wildman–Crippen MR) is 107 cm³/mol. The molecule has 150 valence electrons. The molecule has 1 aliphatic heterocycles. The van der Waals surface area contributed by atoms with Crippen molar-refractivity contribution in [1.82, 2.24) is 4.90 Å². The number of alkyl halides is 2. The van der Waals surface area contributed by atoms with Gasteiger partial charge in [-0.3, -0.25) is 4.79 Å². The molecule has 6 heteroatoms. The molecule has 1 aliphatic rings. The maximum Gasteiger partial charge on any atom is 0.387 e. The Morgan fingerprint density at radius 1 is 0.966 bits per heavy atom. The van der Waals surface area contributed by atoms with E-state index in [4.69, 9.17) is 0 Å². The van der Waals surface area contributed by atoms with Gasteiger partial charge in [0, 0.05) is 11.1 Å². The summed E-state index contributed by atoms with van der Waals surface area (Å²) in [7, 11) is 0. The molecule has 3 aromatic carbocycles. The SMILES string of the molecule is O=C(c1ccc(OC(F)F)cc1)N1CC[NH+](Cc2cccc3ccccc23)CC1. The number of carbonyl (C=O) groups is 1. The zero-order chi connectivity index (χ0) is 20.2. The average molecular weight is 397 g/mol. The van der Waals surface area contributed by atoms with Gasteiger partial charge in [-0.05, 0) is 35.0 Å². The van der Waals surface area contributed by atoms with Crippen LogP contribution in [0.25, 0.3) is 10.8 Å². The Kier molecular flexibility index (Phi) is 5.71. The van der Waals surface area contributed by atoms with Gasteiger partial charge < -0.3 is 14.5 Å². The van der Waals surface area contributed by atoms with Gasteiger partial charge in [-0.15, -0.1) is 0 Å². The smallest absolute Gasteiger partial charge is 0.387 e. The first-order valence-electron chi connectivity index (χ1n) is 9.74. The Morgan fingerprint density at radius 2 is 1.66 bits per heavy atom. The summed E-state index contributed by atoms with van der Waals surface area (Å²) in [6.45, 7) is 1.17. The molecule has 3 aromatic rings. The molecule has 0 aliphatic carbocycles. The van der Waals surface area contributed by atoms with Gasteiger partial charge in [0.2, 0.25) is 0 Å². The summed E-state index contributed by atoms with van der Waals surface area (Å²) in [6.07, 6.45) is 0. The van der Waals surface area contributed by atoms with E-state index in [-0.39, 0.29) is 11.7 Å². The number of fused-ring (bicyclic) bond motifs is 1. The maximum absolute atomic E-state index is 12.7. The Hall–Kier alpha value is -2.99. The first-order valence-corrected chi connectivity index (χ1v) is 9.74. The number of piperazine rings is 1. The molecule has 1 saturated heterocycles. The number of halogens is 2. The van der Waals surface area contributed by atoms with Crippen molar-refractivity contribution in [1.29, 1.82) is 0 Å². The second kappa shape index (κ2) is 8.57. The summed E-state index contributed by atoms with van der Waals surface area (Å²) < 4.78 is 28.8. The quantitative estimate of drug-likeness (QED) is 0.718. The minimum Gasteiger partial charge on any atom is -0.435 e. The Labute approximate surface area is 168 Å². The molecule has 29 heavy (non-hydrogen) atoms. The zero-order valence-corrected chi connectivity index (χ0v) is 16.0. The fourth-order valence-electron chi connectivity index (χ4n) is 3.88. The van der Waals surface area contributed by atoms with Gasteiger partial charge in [0.25, 0.3) is 5.91 Å². The number of quaternary nitrogens is 1. The highest BCUT2D eigenvalue weighted by Gasteiger charge is 2.25. The Morgan fingerprint density at radius 3 is 2.38 bits per heavy atom. The molecular weight excluding hydrogens is 374 g/mol. The number of nitrogens with zero attached hydrogens (tertiary/aromatic N) is 1. The van der Waals surface area contributed by atoms with Crippen LogP contribution in [-0.2, 0) is 6.54 Å². The van der Waals surface area contributed by atoms with Crippen LogP contribution >= 0.6 is 0 Å². The molecule has 4 rings (SSSR count). The molecular formula is C23H23F2N2O2+. The van der Waals surface area contributed by atoms with Crippen molar-refractivity contribution in [2.45, 2.75) is 13.2 Å². The lowest BCUT2D eigenvalue weighted by molar-refractivity contribution is -0.917. The number of nitrogens with one attached hydrogen (secondary N) is 1. The third-order valence-electron chi connectivity index (χ3n) is 5.40. The van der Waals surface area contributed by atoms with Gasteiger partial charge in [0.05, 0.1) is 26.2 Å².